The van der Waals surface area contributed by atoms with Gasteiger partial charge in [-0.3, -0.25) is 4.57 Å². The highest BCUT2D eigenvalue weighted by atomic mass is 32.2. The van der Waals surface area contributed by atoms with E-state index in [0.717, 1.165) is 25.9 Å². The molecule has 3 N–H and O–H groups in total. The predicted octanol–water partition coefficient (Wildman–Crippen LogP) is 1.49. The van der Waals surface area contributed by atoms with Crippen LogP contribution in [0, 0.1) is 0 Å². The number of aliphatic hydroxyl groups excluding tert-OH is 1. The summed E-state index contributed by atoms with van der Waals surface area (Å²) in [7, 11) is 0. The number of piperidine rings is 2. The number of amides is 1. The molecule has 0 spiro atoms. The summed E-state index contributed by atoms with van der Waals surface area (Å²) < 4.78 is 13.7. The number of hydrogen-bond acceptors (Lipinski definition) is 10. The monoisotopic (exact) mass is 491 g/mol. The van der Waals surface area contributed by atoms with Crippen LogP contribution >= 0.6 is 11.8 Å². The Kier molecular flexibility index (Phi) is 7.09. The van der Waals surface area contributed by atoms with Crippen molar-refractivity contribution >= 4 is 34.8 Å². The van der Waals surface area contributed by atoms with Crippen molar-refractivity contribution in [1.82, 2.24) is 29.3 Å². The molecule has 0 aliphatic carbocycles. The molecular weight excluding hydrogens is 458 g/mol. The SMILES string of the molecule is CSC[C@H]1O[C@@H](n2cnc3c(N)ncnc32)[C@H](OC(=O)N2CCC(N3CCCCC3)CC2)[C@@H]1O. The maximum Gasteiger partial charge on any atom is 0.410 e. The number of nitrogen functional groups attached to an aromatic ring is 1. The van der Waals surface area contributed by atoms with Gasteiger partial charge in [0, 0.05) is 24.9 Å². The molecule has 2 aromatic heterocycles. The average molecular weight is 492 g/mol. The standard InChI is InChI=1S/C22H33N7O4S/c1-34-11-15-17(30)18(21(32-15)29-13-26-16-19(23)24-12-25-20(16)29)33-22(31)28-9-5-14(6-10-28)27-7-3-2-4-8-27/h12-15,17-18,21,30H,2-11H2,1H3,(H2,23,24,25)/t15-,17-,18-,21-/m1/s1. The minimum atomic E-state index is -0.969. The predicted molar refractivity (Wildman–Crippen MR) is 128 cm³/mol. The summed E-state index contributed by atoms with van der Waals surface area (Å²) in [6.07, 6.45) is 7.04. The lowest BCUT2D eigenvalue weighted by Gasteiger charge is -2.40. The van der Waals surface area contributed by atoms with Crippen LogP contribution in [0.1, 0.15) is 38.3 Å². The van der Waals surface area contributed by atoms with Gasteiger partial charge in [-0.15, -0.1) is 0 Å². The van der Waals surface area contributed by atoms with Gasteiger partial charge >= 0.3 is 6.09 Å². The lowest BCUT2D eigenvalue weighted by Crippen LogP contribution is -2.49. The van der Waals surface area contributed by atoms with E-state index in [1.165, 1.54) is 25.6 Å². The van der Waals surface area contributed by atoms with E-state index in [1.807, 2.05) is 6.26 Å². The Hall–Kier alpha value is -2.15. The first kappa shape index (κ1) is 23.6. The molecule has 0 saturated carbocycles. The van der Waals surface area contributed by atoms with E-state index in [-0.39, 0.29) is 5.82 Å². The molecule has 0 bridgehead atoms. The third kappa shape index (κ3) is 4.56. The normalized spacial score (nSPS) is 29.1. The number of aromatic nitrogens is 4. The number of likely N-dealkylation sites (tertiary alicyclic amines) is 2. The number of rotatable bonds is 5. The van der Waals surface area contributed by atoms with Crippen LogP contribution in [0.5, 0.6) is 0 Å². The summed E-state index contributed by atoms with van der Waals surface area (Å²) >= 11 is 1.56. The highest BCUT2D eigenvalue weighted by Gasteiger charge is 2.48. The summed E-state index contributed by atoms with van der Waals surface area (Å²) in [5, 5.41) is 11.0. The molecular formula is C22H33N7O4S. The van der Waals surface area contributed by atoms with Gasteiger partial charge in [0.15, 0.2) is 23.8 Å². The van der Waals surface area contributed by atoms with E-state index >= 15 is 0 Å². The summed E-state index contributed by atoms with van der Waals surface area (Å²) in [5.41, 5.74) is 6.85. The number of imidazole rings is 1. The molecule has 4 atom stereocenters. The first-order valence-corrected chi connectivity index (χ1v) is 13.4. The molecule has 5 rings (SSSR count). The number of carbonyl (C=O) groups excluding carboxylic acids is 1. The molecule has 12 heteroatoms. The average Bonchev–Trinajstić information content (AvgIpc) is 3.42. The van der Waals surface area contributed by atoms with E-state index in [4.69, 9.17) is 15.2 Å². The van der Waals surface area contributed by atoms with Crippen LogP contribution in [0.4, 0.5) is 10.6 Å². The number of thioether (sulfide) groups is 1. The second kappa shape index (κ2) is 10.2. The Morgan fingerprint density at radius 3 is 2.71 bits per heavy atom. The van der Waals surface area contributed by atoms with Gasteiger partial charge in [0.05, 0.1) is 12.4 Å². The Bertz CT molecular complexity index is 993. The molecule has 3 saturated heterocycles. The van der Waals surface area contributed by atoms with Gasteiger partial charge in [-0.25, -0.2) is 19.7 Å². The summed E-state index contributed by atoms with van der Waals surface area (Å²) in [4.78, 5) is 30.0. The number of hydrogen-bond donors (Lipinski definition) is 2. The summed E-state index contributed by atoms with van der Waals surface area (Å²) in [6.45, 7) is 3.62. The van der Waals surface area contributed by atoms with Gasteiger partial charge in [-0.1, -0.05) is 6.42 Å². The fraction of sp³-hybridized carbons (Fsp3) is 0.727. The fourth-order valence-corrected chi connectivity index (χ4v) is 5.92. The van der Waals surface area contributed by atoms with Crippen LogP contribution in [0.3, 0.4) is 0 Å². The molecule has 3 aliphatic heterocycles. The van der Waals surface area contributed by atoms with Gasteiger partial charge in [0.1, 0.15) is 17.9 Å². The molecule has 1 amide bonds. The molecule has 11 nitrogen and oxygen atoms in total. The molecule has 0 radical (unpaired) electrons. The summed E-state index contributed by atoms with van der Waals surface area (Å²) in [6, 6.07) is 0.533. The lowest BCUT2D eigenvalue weighted by atomic mass is 10.0. The molecule has 34 heavy (non-hydrogen) atoms. The third-order valence-electron chi connectivity index (χ3n) is 7.17. The lowest BCUT2D eigenvalue weighted by molar-refractivity contribution is -0.0458. The van der Waals surface area contributed by atoms with Gasteiger partial charge in [0.25, 0.3) is 0 Å². The van der Waals surface area contributed by atoms with Crippen molar-refractivity contribution in [2.24, 2.45) is 0 Å². The number of anilines is 1. The smallest absolute Gasteiger partial charge is 0.410 e. The maximum absolute atomic E-state index is 13.1. The number of aliphatic hydroxyl groups is 1. The van der Waals surface area contributed by atoms with Gasteiger partial charge in [0.2, 0.25) is 0 Å². The highest BCUT2D eigenvalue weighted by molar-refractivity contribution is 7.98. The fourth-order valence-electron chi connectivity index (χ4n) is 5.32. The van der Waals surface area contributed by atoms with Crippen LogP contribution < -0.4 is 5.73 Å². The van der Waals surface area contributed by atoms with E-state index in [1.54, 1.807) is 27.6 Å². The first-order chi connectivity index (χ1) is 16.6. The van der Waals surface area contributed by atoms with Crippen molar-refractivity contribution in [2.45, 2.75) is 62.7 Å². The molecule has 3 fully saturated rings. The van der Waals surface area contributed by atoms with Crippen molar-refractivity contribution < 1.29 is 19.4 Å². The van der Waals surface area contributed by atoms with Crippen LogP contribution in [-0.4, -0.2) is 103 Å². The minimum absolute atomic E-state index is 0.257. The Morgan fingerprint density at radius 2 is 1.97 bits per heavy atom. The Morgan fingerprint density at radius 1 is 1.21 bits per heavy atom. The van der Waals surface area contributed by atoms with Crippen molar-refractivity contribution in [3.63, 3.8) is 0 Å². The van der Waals surface area contributed by atoms with E-state index in [9.17, 15) is 9.90 Å². The van der Waals surface area contributed by atoms with Crippen molar-refractivity contribution in [3.8, 4) is 0 Å². The molecule has 5 heterocycles. The molecule has 0 unspecified atom stereocenters. The number of nitrogens with zero attached hydrogens (tertiary/aromatic N) is 6. The zero-order chi connectivity index (χ0) is 23.7. The summed E-state index contributed by atoms with van der Waals surface area (Å²) in [5.74, 6) is 0.824. The second-order valence-electron chi connectivity index (χ2n) is 9.26. The largest absolute Gasteiger partial charge is 0.438 e. The maximum atomic E-state index is 13.1. The second-order valence-corrected chi connectivity index (χ2v) is 10.2. The molecule has 3 aliphatic rings. The molecule has 0 aromatic carbocycles. The highest BCUT2D eigenvalue weighted by Crippen LogP contribution is 2.35. The molecule has 186 valence electrons. The van der Waals surface area contributed by atoms with Gasteiger partial charge < -0.3 is 30.1 Å². The van der Waals surface area contributed by atoms with Crippen LogP contribution in [0.25, 0.3) is 11.2 Å². The molecule has 2 aromatic rings. The van der Waals surface area contributed by atoms with Crippen molar-refractivity contribution in [2.75, 3.05) is 43.9 Å². The van der Waals surface area contributed by atoms with Crippen LogP contribution in [0.15, 0.2) is 12.7 Å². The topological polar surface area (TPSA) is 132 Å². The number of ether oxygens (including phenoxy) is 2. The third-order valence-corrected chi connectivity index (χ3v) is 7.83. The Labute approximate surface area is 203 Å². The quantitative estimate of drug-likeness (QED) is 0.634. The van der Waals surface area contributed by atoms with E-state index in [0.29, 0.717) is 36.0 Å². The number of carbonyl (C=O) groups is 1. The first-order valence-electron chi connectivity index (χ1n) is 12.0. The van der Waals surface area contributed by atoms with Crippen LogP contribution in [-0.2, 0) is 9.47 Å². The van der Waals surface area contributed by atoms with Crippen molar-refractivity contribution in [3.05, 3.63) is 12.7 Å². The minimum Gasteiger partial charge on any atom is -0.438 e. The van der Waals surface area contributed by atoms with E-state index in [2.05, 4.69) is 19.9 Å². The van der Waals surface area contributed by atoms with Crippen molar-refractivity contribution in [1.29, 1.82) is 0 Å². The zero-order valence-corrected chi connectivity index (χ0v) is 20.3. The van der Waals surface area contributed by atoms with E-state index < -0.39 is 30.6 Å². The van der Waals surface area contributed by atoms with Crippen LogP contribution in [0.2, 0.25) is 0 Å². The zero-order valence-electron chi connectivity index (χ0n) is 19.5. The number of fused-ring (bicyclic) bond motifs is 1. The Balaban J connectivity index is 1.29. The van der Waals surface area contributed by atoms with Gasteiger partial charge in [-0.05, 0) is 45.0 Å². The number of nitrogens with two attached hydrogens (primary N) is 1. The van der Waals surface area contributed by atoms with Gasteiger partial charge in [-0.2, -0.15) is 11.8 Å².